The predicted octanol–water partition coefficient (Wildman–Crippen LogP) is 2.85. The van der Waals surface area contributed by atoms with E-state index in [-0.39, 0.29) is 5.91 Å². The molecule has 0 unspecified atom stereocenters. The molecule has 0 fully saturated rings. The summed E-state index contributed by atoms with van der Waals surface area (Å²) in [4.78, 5) is 12.1. The van der Waals surface area contributed by atoms with E-state index >= 15 is 0 Å². The SMILES string of the molecule is COc1ccc(-c2cc(C(=O)N/N=C/c3ccccc3)[nH]n2)cc1. The number of H-pyrrole nitrogens is 1. The van der Waals surface area contributed by atoms with E-state index in [4.69, 9.17) is 4.74 Å². The lowest BCUT2D eigenvalue weighted by atomic mass is 10.1. The third-order valence-corrected chi connectivity index (χ3v) is 3.39. The average Bonchev–Trinajstić information content (AvgIpc) is 3.13. The minimum atomic E-state index is -0.352. The minimum absolute atomic E-state index is 0.339. The molecule has 120 valence electrons. The quantitative estimate of drug-likeness (QED) is 0.560. The zero-order chi connectivity index (χ0) is 16.8. The van der Waals surface area contributed by atoms with Gasteiger partial charge in [0.1, 0.15) is 11.4 Å². The molecule has 0 spiro atoms. The standard InChI is InChI=1S/C18H16N4O2/c1-24-15-9-7-14(8-10-15)16-11-17(21-20-16)18(23)22-19-12-13-5-3-2-4-6-13/h2-12H,1H3,(H,20,21)(H,22,23)/b19-12+. The molecule has 1 amide bonds. The van der Waals surface area contributed by atoms with Gasteiger partial charge in [-0.2, -0.15) is 10.2 Å². The Labute approximate surface area is 139 Å². The average molecular weight is 320 g/mol. The van der Waals surface area contributed by atoms with Gasteiger partial charge in [-0.1, -0.05) is 30.3 Å². The topological polar surface area (TPSA) is 79.4 Å². The lowest BCUT2D eigenvalue weighted by molar-refractivity contribution is 0.0950. The van der Waals surface area contributed by atoms with Crippen LogP contribution in [-0.4, -0.2) is 29.4 Å². The summed E-state index contributed by atoms with van der Waals surface area (Å²) in [5.74, 6) is 0.414. The Morgan fingerprint density at radius 2 is 1.92 bits per heavy atom. The molecule has 3 aromatic rings. The second-order valence-corrected chi connectivity index (χ2v) is 5.01. The number of hydrogen-bond donors (Lipinski definition) is 2. The van der Waals surface area contributed by atoms with Gasteiger partial charge in [-0.3, -0.25) is 9.89 Å². The summed E-state index contributed by atoms with van der Waals surface area (Å²) in [6.07, 6.45) is 1.58. The number of ether oxygens (including phenoxy) is 1. The maximum atomic E-state index is 12.1. The number of amides is 1. The third-order valence-electron chi connectivity index (χ3n) is 3.39. The van der Waals surface area contributed by atoms with Crippen LogP contribution >= 0.6 is 0 Å². The van der Waals surface area contributed by atoms with Crippen LogP contribution in [0.1, 0.15) is 16.1 Å². The molecule has 0 atom stereocenters. The molecule has 1 heterocycles. The zero-order valence-corrected chi connectivity index (χ0v) is 13.1. The first-order chi connectivity index (χ1) is 11.8. The Kier molecular flexibility index (Phi) is 4.67. The molecule has 0 radical (unpaired) electrons. The van der Waals surface area contributed by atoms with Crippen LogP contribution in [0.5, 0.6) is 5.75 Å². The van der Waals surface area contributed by atoms with Crippen molar-refractivity contribution in [3.05, 3.63) is 71.9 Å². The van der Waals surface area contributed by atoms with Crippen molar-refractivity contribution in [3.8, 4) is 17.0 Å². The van der Waals surface area contributed by atoms with Gasteiger partial charge in [0.25, 0.3) is 5.91 Å². The van der Waals surface area contributed by atoms with Gasteiger partial charge in [-0.05, 0) is 35.9 Å². The summed E-state index contributed by atoms with van der Waals surface area (Å²) >= 11 is 0. The van der Waals surface area contributed by atoms with Crippen LogP contribution in [0.4, 0.5) is 0 Å². The van der Waals surface area contributed by atoms with Crippen LogP contribution in [-0.2, 0) is 0 Å². The summed E-state index contributed by atoms with van der Waals surface area (Å²) in [5.41, 5.74) is 5.28. The molecule has 0 saturated heterocycles. The summed E-state index contributed by atoms with van der Waals surface area (Å²) in [5, 5.41) is 10.8. The number of carbonyl (C=O) groups excluding carboxylic acids is 1. The molecule has 6 nitrogen and oxygen atoms in total. The molecule has 0 aliphatic heterocycles. The van der Waals surface area contributed by atoms with Gasteiger partial charge in [0, 0.05) is 5.56 Å². The van der Waals surface area contributed by atoms with E-state index in [1.165, 1.54) is 0 Å². The highest BCUT2D eigenvalue weighted by molar-refractivity contribution is 5.94. The maximum absolute atomic E-state index is 12.1. The Morgan fingerprint density at radius 1 is 1.17 bits per heavy atom. The molecule has 3 rings (SSSR count). The number of hydrazone groups is 1. The lowest BCUT2D eigenvalue weighted by Crippen LogP contribution is -2.17. The predicted molar refractivity (Wildman–Crippen MR) is 92.1 cm³/mol. The van der Waals surface area contributed by atoms with E-state index in [0.717, 1.165) is 16.9 Å². The van der Waals surface area contributed by atoms with Gasteiger partial charge in [0.05, 0.1) is 19.0 Å². The molecular weight excluding hydrogens is 304 g/mol. The summed E-state index contributed by atoms with van der Waals surface area (Å²) in [6, 6.07) is 18.6. The van der Waals surface area contributed by atoms with Crippen LogP contribution in [0, 0.1) is 0 Å². The fourth-order valence-corrected chi connectivity index (χ4v) is 2.11. The summed E-state index contributed by atoms with van der Waals surface area (Å²) < 4.78 is 5.12. The Balaban J connectivity index is 1.66. The number of hydrogen-bond acceptors (Lipinski definition) is 4. The highest BCUT2D eigenvalue weighted by Crippen LogP contribution is 2.21. The van der Waals surface area contributed by atoms with Crippen molar-refractivity contribution >= 4 is 12.1 Å². The first kappa shape index (κ1) is 15.5. The van der Waals surface area contributed by atoms with Crippen LogP contribution in [0.3, 0.4) is 0 Å². The smallest absolute Gasteiger partial charge is 0.289 e. The Bertz CT molecular complexity index is 839. The maximum Gasteiger partial charge on any atom is 0.289 e. The summed E-state index contributed by atoms with van der Waals surface area (Å²) in [7, 11) is 1.61. The Hall–Kier alpha value is -3.41. The molecule has 0 aliphatic carbocycles. The van der Waals surface area contributed by atoms with Crippen molar-refractivity contribution in [2.75, 3.05) is 7.11 Å². The first-order valence-electron chi connectivity index (χ1n) is 7.34. The number of nitrogens with zero attached hydrogens (tertiary/aromatic N) is 2. The largest absolute Gasteiger partial charge is 0.497 e. The van der Waals surface area contributed by atoms with Gasteiger partial charge >= 0.3 is 0 Å². The molecule has 1 aromatic heterocycles. The van der Waals surface area contributed by atoms with E-state index in [2.05, 4.69) is 20.7 Å². The van der Waals surface area contributed by atoms with E-state index in [1.807, 2.05) is 54.6 Å². The number of benzene rings is 2. The number of rotatable bonds is 5. The Morgan fingerprint density at radius 3 is 2.62 bits per heavy atom. The number of aromatic amines is 1. The molecule has 0 aliphatic rings. The van der Waals surface area contributed by atoms with Gasteiger partial charge < -0.3 is 4.74 Å². The molecular formula is C18H16N4O2. The third kappa shape index (κ3) is 3.67. The van der Waals surface area contributed by atoms with Crippen LogP contribution in [0.25, 0.3) is 11.3 Å². The number of nitrogens with one attached hydrogen (secondary N) is 2. The fraction of sp³-hybridized carbons (Fsp3) is 0.0556. The molecule has 24 heavy (non-hydrogen) atoms. The van der Waals surface area contributed by atoms with Gasteiger partial charge in [-0.15, -0.1) is 0 Å². The molecule has 6 heteroatoms. The molecule has 0 saturated carbocycles. The summed E-state index contributed by atoms with van der Waals surface area (Å²) in [6.45, 7) is 0. The highest BCUT2D eigenvalue weighted by atomic mass is 16.5. The van der Waals surface area contributed by atoms with Crippen molar-refractivity contribution in [3.63, 3.8) is 0 Å². The first-order valence-corrected chi connectivity index (χ1v) is 7.34. The molecule has 2 aromatic carbocycles. The lowest BCUT2D eigenvalue weighted by Gasteiger charge is -2.00. The van der Waals surface area contributed by atoms with E-state index in [9.17, 15) is 4.79 Å². The monoisotopic (exact) mass is 320 g/mol. The van der Waals surface area contributed by atoms with Crippen molar-refractivity contribution in [2.45, 2.75) is 0 Å². The number of aromatic nitrogens is 2. The van der Waals surface area contributed by atoms with Gasteiger partial charge in [0.15, 0.2) is 0 Å². The second-order valence-electron chi connectivity index (χ2n) is 5.01. The van der Waals surface area contributed by atoms with E-state index < -0.39 is 0 Å². The normalized spacial score (nSPS) is 10.7. The van der Waals surface area contributed by atoms with Gasteiger partial charge in [-0.25, -0.2) is 5.43 Å². The number of methoxy groups -OCH3 is 1. The number of carbonyl (C=O) groups is 1. The second kappa shape index (κ2) is 7.23. The molecule has 2 N–H and O–H groups in total. The van der Waals surface area contributed by atoms with Crippen LogP contribution < -0.4 is 10.2 Å². The van der Waals surface area contributed by atoms with Crippen molar-refractivity contribution in [2.24, 2.45) is 5.10 Å². The van der Waals surface area contributed by atoms with Crippen molar-refractivity contribution < 1.29 is 9.53 Å². The minimum Gasteiger partial charge on any atom is -0.497 e. The molecule has 0 bridgehead atoms. The fourth-order valence-electron chi connectivity index (χ4n) is 2.11. The van der Waals surface area contributed by atoms with Crippen molar-refractivity contribution in [1.29, 1.82) is 0 Å². The highest BCUT2D eigenvalue weighted by Gasteiger charge is 2.10. The van der Waals surface area contributed by atoms with E-state index in [0.29, 0.717) is 11.4 Å². The zero-order valence-electron chi connectivity index (χ0n) is 13.1. The van der Waals surface area contributed by atoms with Crippen LogP contribution in [0.2, 0.25) is 0 Å². The van der Waals surface area contributed by atoms with E-state index in [1.54, 1.807) is 19.4 Å². The van der Waals surface area contributed by atoms with Crippen molar-refractivity contribution in [1.82, 2.24) is 15.6 Å². The van der Waals surface area contributed by atoms with Crippen LogP contribution in [0.15, 0.2) is 65.8 Å². The van der Waals surface area contributed by atoms with Gasteiger partial charge in [0.2, 0.25) is 0 Å².